The zero-order valence-corrected chi connectivity index (χ0v) is 16.4. The third-order valence-electron chi connectivity index (χ3n) is 6.01. The molecule has 28 heavy (non-hydrogen) atoms. The minimum absolute atomic E-state index is 0.125. The highest BCUT2D eigenvalue weighted by atomic mass is 16.5. The van der Waals surface area contributed by atoms with Crippen molar-refractivity contribution in [2.45, 2.75) is 31.7 Å². The number of hydrogen-bond acceptors (Lipinski definition) is 5. The SMILES string of the molecule is COCCN1C[C@H]2CC[C@@H]1CN(C(=O)CCc1nc3ccccc3[nH]c1=O)C2. The molecule has 2 atom stereocenters. The van der Waals surface area contributed by atoms with Gasteiger partial charge in [-0.25, -0.2) is 4.98 Å². The highest BCUT2D eigenvalue weighted by molar-refractivity contribution is 5.77. The number of aromatic nitrogens is 2. The first-order valence-electron chi connectivity index (χ1n) is 10.1. The third kappa shape index (κ3) is 4.10. The normalized spacial score (nSPS) is 22.5. The topological polar surface area (TPSA) is 78.5 Å². The number of carbonyl (C=O) groups is 1. The van der Waals surface area contributed by atoms with Gasteiger partial charge < -0.3 is 14.6 Å². The molecule has 5 rings (SSSR count). The van der Waals surface area contributed by atoms with Crippen molar-refractivity contribution >= 4 is 16.9 Å². The van der Waals surface area contributed by atoms with Crippen LogP contribution in [0, 0.1) is 5.92 Å². The predicted molar refractivity (Wildman–Crippen MR) is 107 cm³/mol. The van der Waals surface area contributed by atoms with E-state index in [0.29, 0.717) is 30.5 Å². The molecule has 1 aromatic carbocycles. The van der Waals surface area contributed by atoms with Crippen molar-refractivity contribution in [3.63, 3.8) is 0 Å². The fourth-order valence-corrected chi connectivity index (χ4v) is 4.49. The highest BCUT2D eigenvalue weighted by Gasteiger charge is 2.35. The summed E-state index contributed by atoms with van der Waals surface area (Å²) < 4.78 is 5.23. The van der Waals surface area contributed by atoms with E-state index in [4.69, 9.17) is 4.74 Å². The summed E-state index contributed by atoms with van der Waals surface area (Å²) in [6.07, 6.45) is 3.03. The summed E-state index contributed by atoms with van der Waals surface area (Å²) >= 11 is 0. The van der Waals surface area contributed by atoms with E-state index in [9.17, 15) is 9.59 Å². The number of H-pyrrole nitrogens is 1. The fraction of sp³-hybridized carbons (Fsp3) is 0.571. The molecular weight excluding hydrogens is 356 g/mol. The maximum Gasteiger partial charge on any atom is 0.270 e. The number of methoxy groups -OCH3 is 1. The Labute approximate surface area is 164 Å². The van der Waals surface area contributed by atoms with Crippen molar-refractivity contribution in [3.05, 3.63) is 40.3 Å². The summed E-state index contributed by atoms with van der Waals surface area (Å²) in [6, 6.07) is 7.89. The van der Waals surface area contributed by atoms with Crippen LogP contribution in [0.2, 0.25) is 0 Å². The number of para-hydroxylation sites is 2. The summed E-state index contributed by atoms with van der Waals surface area (Å²) in [5.41, 5.74) is 1.72. The molecular formula is C21H28N4O3. The van der Waals surface area contributed by atoms with Crippen LogP contribution in [-0.4, -0.2) is 71.6 Å². The van der Waals surface area contributed by atoms with Crippen LogP contribution < -0.4 is 5.56 Å². The van der Waals surface area contributed by atoms with Crippen LogP contribution in [-0.2, 0) is 16.0 Å². The van der Waals surface area contributed by atoms with Gasteiger partial charge >= 0.3 is 0 Å². The highest BCUT2D eigenvalue weighted by Crippen LogP contribution is 2.28. The molecule has 150 valence electrons. The number of aromatic amines is 1. The van der Waals surface area contributed by atoms with Gasteiger partial charge in [-0.05, 0) is 30.9 Å². The van der Waals surface area contributed by atoms with Crippen molar-refractivity contribution in [3.8, 4) is 0 Å². The molecule has 2 aromatic rings. The summed E-state index contributed by atoms with van der Waals surface area (Å²) in [6.45, 7) is 4.30. The first-order valence-corrected chi connectivity index (χ1v) is 10.1. The molecule has 0 radical (unpaired) electrons. The molecule has 0 aliphatic carbocycles. The van der Waals surface area contributed by atoms with E-state index in [2.05, 4.69) is 14.9 Å². The number of piperidine rings is 1. The monoisotopic (exact) mass is 384 g/mol. The van der Waals surface area contributed by atoms with Crippen LogP contribution in [0.5, 0.6) is 0 Å². The minimum atomic E-state index is -0.201. The average molecular weight is 384 g/mol. The van der Waals surface area contributed by atoms with Gasteiger partial charge in [-0.1, -0.05) is 12.1 Å². The van der Waals surface area contributed by atoms with Gasteiger partial charge in [-0.3, -0.25) is 14.5 Å². The molecule has 1 aromatic heterocycles. The number of fused-ring (bicyclic) bond motifs is 5. The van der Waals surface area contributed by atoms with E-state index < -0.39 is 0 Å². The lowest BCUT2D eigenvalue weighted by atomic mass is 9.95. The molecule has 1 amide bonds. The number of benzene rings is 1. The van der Waals surface area contributed by atoms with Crippen molar-refractivity contribution in [1.82, 2.24) is 19.8 Å². The van der Waals surface area contributed by atoms with Crippen molar-refractivity contribution in [2.24, 2.45) is 5.92 Å². The summed E-state index contributed by atoms with van der Waals surface area (Å²) in [7, 11) is 1.73. The lowest BCUT2D eigenvalue weighted by molar-refractivity contribution is -0.131. The predicted octanol–water partition coefficient (Wildman–Crippen LogP) is 1.42. The largest absolute Gasteiger partial charge is 0.383 e. The Morgan fingerprint density at radius 1 is 1.25 bits per heavy atom. The second-order valence-corrected chi connectivity index (χ2v) is 7.91. The molecule has 3 saturated heterocycles. The molecule has 3 fully saturated rings. The second-order valence-electron chi connectivity index (χ2n) is 7.91. The van der Waals surface area contributed by atoms with Gasteiger partial charge in [0.15, 0.2) is 0 Å². The van der Waals surface area contributed by atoms with Gasteiger partial charge in [0.05, 0.1) is 17.6 Å². The van der Waals surface area contributed by atoms with Crippen molar-refractivity contribution in [2.75, 3.05) is 39.9 Å². The first-order chi connectivity index (χ1) is 13.6. The molecule has 2 bridgehead atoms. The minimum Gasteiger partial charge on any atom is -0.383 e. The molecule has 0 unspecified atom stereocenters. The zero-order valence-electron chi connectivity index (χ0n) is 16.4. The fourth-order valence-electron chi connectivity index (χ4n) is 4.49. The van der Waals surface area contributed by atoms with Crippen LogP contribution in [0.25, 0.3) is 11.0 Å². The molecule has 3 aliphatic rings. The van der Waals surface area contributed by atoms with Crippen molar-refractivity contribution < 1.29 is 9.53 Å². The standard InChI is InChI=1S/C21H28N4O3/c1-28-11-10-24-12-15-6-7-16(24)14-25(13-15)20(26)9-8-19-21(27)23-18-5-3-2-4-17(18)22-19/h2-5,15-16H,6-14H2,1H3,(H,23,27)/t15-,16-/m1/s1. The van der Waals surface area contributed by atoms with Gasteiger partial charge in [0.25, 0.3) is 5.56 Å². The number of carbonyl (C=O) groups excluding carboxylic acids is 1. The smallest absolute Gasteiger partial charge is 0.270 e. The summed E-state index contributed by atoms with van der Waals surface area (Å²) in [4.78, 5) is 37.0. The lowest BCUT2D eigenvalue weighted by Crippen LogP contribution is -2.45. The van der Waals surface area contributed by atoms with Crippen LogP contribution in [0.1, 0.15) is 25.0 Å². The molecule has 4 heterocycles. The Morgan fingerprint density at radius 3 is 2.96 bits per heavy atom. The van der Waals surface area contributed by atoms with E-state index in [1.54, 1.807) is 7.11 Å². The Balaban J connectivity index is 1.40. The Bertz CT molecular complexity index is 897. The third-order valence-corrected chi connectivity index (χ3v) is 6.01. The molecule has 1 N–H and O–H groups in total. The quantitative estimate of drug-likeness (QED) is 0.815. The molecule has 0 saturated carbocycles. The Morgan fingerprint density at radius 2 is 2.11 bits per heavy atom. The van der Waals surface area contributed by atoms with Gasteiger partial charge in [-0.2, -0.15) is 0 Å². The molecule has 0 spiro atoms. The Hall–Kier alpha value is -2.25. The molecule has 7 heteroatoms. The number of amides is 1. The number of nitrogens with one attached hydrogen (secondary N) is 1. The number of rotatable bonds is 6. The second kappa shape index (κ2) is 8.41. The average Bonchev–Trinajstić information content (AvgIpc) is 3.02. The molecule has 7 nitrogen and oxygen atoms in total. The molecule has 3 aliphatic heterocycles. The first kappa shape index (κ1) is 19.1. The van der Waals surface area contributed by atoms with Crippen LogP contribution in [0.3, 0.4) is 0 Å². The number of aryl methyl sites for hydroxylation is 1. The maximum absolute atomic E-state index is 12.9. The summed E-state index contributed by atoms with van der Waals surface area (Å²) in [5.74, 6) is 0.654. The van der Waals surface area contributed by atoms with Crippen LogP contribution in [0.15, 0.2) is 29.1 Å². The number of ether oxygens (including phenoxy) is 1. The van der Waals surface area contributed by atoms with Gasteiger partial charge in [-0.15, -0.1) is 0 Å². The van der Waals surface area contributed by atoms with E-state index in [1.807, 2.05) is 29.2 Å². The number of hydrogen-bond donors (Lipinski definition) is 1. The van der Waals surface area contributed by atoms with E-state index in [1.165, 1.54) is 6.42 Å². The lowest BCUT2D eigenvalue weighted by Gasteiger charge is -2.35. The van der Waals surface area contributed by atoms with Gasteiger partial charge in [0.2, 0.25) is 5.91 Å². The van der Waals surface area contributed by atoms with Crippen molar-refractivity contribution in [1.29, 1.82) is 0 Å². The zero-order chi connectivity index (χ0) is 19.5. The van der Waals surface area contributed by atoms with E-state index in [-0.39, 0.29) is 11.5 Å². The Kier molecular flexibility index (Phi) is 5.73. The number of nitrogens with zero attached hydrogens (tertiary/aromatic N) is 3. The summed E-state index contributed by atoms with van der Waals surface area (Å²) in [5, 5.41) is 0. The van der Waals surface area contributed by atoms with E-state index >= 15 is 0 Å². The van der Waals surface area contributed by atoms with Gasteiger partial charge in [0.1, 0.15) is 5.69 Å². The van der Waals surface area contributed by atoms with Crippen LogP contribution in [0.4, 0.5) is 0 Å². The van der Waals surface area contributed by atoms with Crippen LogP contribution >= 0.6 is 0 Å². The van der Waals surface area contributed by atoms with Gasteiger partial charge in [0, 0.05) is 52.2 Å². The van der Waals surface area contributed by atoms with E-state index in [0.717, 1.165) is 50.2 Å². The maximum atomic E-state index is 12.9.